The van der Waals surface area contributed by atoms with Crippen molar-refractivity contribution in [1.82, 2.24) is 9.62 Å². The first-order valence-corrected chi connectivity index (χ1v) is 15.9. The maximum atomic E-state index is 6.65. The van der Waals surface area contributed by atoms with Crippen molar-refractivity contribution in [3.8, 4) is 11.5 Å². The van der Waals surface area contributed by atoms with Crippen molar-refractivity contribution in [2.24, 2.45) is 0 Å². The minimum atomic E-state index is -0.152. The Labute approximate surface area is 271 Å². The monoisotopic (exact) mass is 594 g/mol. The number of benzene rings is 2. The zero-order chi connectivity index (χ0) is 31.8. The molecule has 0 N–H and O–H groups in total. The number of piperazine rings is 1. The molecule has 1 saturated heterocycles. The van der Waals surface area contributed by atoms with Crippen LogP contribution in [0.1, 0.15) is 38.8 Å². The molecule has 0 amide bonds. The second-order valence-electron chi connectivity index (χ2n) is 12.4. The summed E-state index contributed by atoms with van der Waals surface area (Å²) in [5.41, 5.74) is 18.4. The highest BCUT2D eigenvalue weighted by molar-refractivity contribution is 6.88. The van der Waals surface area contributed by atoms with Gasteiger partial charge in [0, 0.05) is 16.6 Å². The molecule has 0 unspecified atom stereocenters. The molecular formula is C40H32B2N2O2. The van der Waals surface area contributed by atoms with Gasteiger partial charge in [-0.2, -0.15) is 0 Å². The lowest BCUT2D eigenvalue weighted by Gasteiger charge is -2.59. The number of allylic oxidation sites excluding steroid dienone is 14. The fraction of sp³-hybridized carbons (Fsp3) is 0.100. The topological polar surface area (TPSA) is 24.9 Å². The number of ether oxygens (including phenoxy) is 2. The number of hydrogen-bond acceptors (Lipinski definition) is 4. The van der Waals surface area contributed by atoms with Crippen molar-refractivity contribution in [1.29, 1.82) is 0 Å². The number of fused-ring (bicyclic) bond motifs is 2. The van der Waals surface area contributed by atoms with Gasteiger partial charge in [-0.15, -0.1) is 0 Å². The Bertz CT molecular complexity index is 2230. The van der Waals surface area contributed by atoms with Gasteiger partial charge in [0.1, 0.15) is 23.0 Å². The number of hydrogen-bond donors (Lipinski definition) is 0. The van der Waals surface area contributed by atoms with Crippen LogP contribution in [0.25, 0.3) is 11.1 Å². The maximum Gasteiger partial charge on any atom is 0.337 e. The Kier molecular flexibility index (Phi) is 5.35. The summed E-state index contributed by atoms with van der Waals surface area (Å²) in [7, 11) is 0. The highest BCUT2D eigenvalue weighted by Crippen LogP contribution is 2.59. The average molecular weight is 594 g/mol. The van der Waals surface area contributed by atoms with Gasteiger partial charge in [-0.05, 0) is 102 Å². The molecule has 1 fully saturated rings. The van der Waals surface area contributed by atoms with Crippen LogP contribution in [0.2, 0.25) is 0 Å². The lowest BCUT2D eigenvalue weighted by molar-refractivity contribution is 0.322. The minimum absolute atomic E-state index is 0.0577. The predicted molar refractivity (Wildman–Crippen MR) is 190 cm³/mol. The molecule has 9 rings (SSSR count). The van der Waals surface area contributed by atoms with Gasteiger partial charge in [-0.3, -0.25) is 0 Å². The number of nitrogens with zero attached hydrogens (tertiary/aromatic N) is 2. The first-order chi connectivity index (χ1) is 22.4. The lowest BCUT2D eigenvalue weighted by Crippen LogP contribution is -2.67. The first-order valence-electron chi connectivity index (χ1n) is 15.9. The molecule has 7 aliphatic heterocycles. The van der Waals surface area contributed by atoms with Crippen LogP contribution in [0, 0.1) is 0 Å². The third kappa shape index (κ3) is 2.85. The normalized spacial score (nSPS) is 21.6. The van der Waals surface area contributed by atoms with Crippen LogP contribution >= 0.6 is 0 Å². The Morgan fingerprint density at radius 2 is 1.22 bits per heavy atom. The van der Waals surface area contributed by atoms with Crippen molar-refractivity contribution in [2.45, 2.75) is 27.7 Å². The standard InChI is InChI=1S/C40H32B2N2O2/c1-9-23-21(7)37-40-26(12-4)28-18-16-20-32-36(28)42-35-27(17-15-19-31(35)46-32)22(8)38(44(40)42)39-25(11-3)24(10-2)34-30(14-6)45-29(13-5)33(23)41(34)43(37)39/h9-20H,1,3-4,6H2,2,5,7-8H3/b24-10-,29-13+. The highest BCUT2D eigenvalue weighted by Gasteiger charge is 2.59. The van der Waals surface area contributed by atoms with Crippen molar-refractivity contribution in [3.05, 3.63) is 178 Å². The molecule has 0 bridgehead atoms. The SMILES string of the molecule is C=CC1=C2B3C(=C(C=C)C(C)=C4C5=C(C=C)c6cccc7c6B6c8c(cccc8C(C)=C(C(=C(C=C)/C2=C/C)N34)N65)O7)/C(=C\C)O1. The van der Waals surface area contributed by atoms with Crippen LogP contribution in [0.3, 0.4) is 0 Å². The van der Waals surface area contributed by atoms with Gasteiger partial charge in [0.05, 0.1) is 22.8 Å². The summed E-state index contributed by atoms with van der Waals surface area (Å²) < 4.78 is 13.3. The summed E-state index contributed by atoms with van der Waals surface area (Å²) in [6, 6.07) is 12.9. The average Bonchev–Trinajstić information content (AvgIpc) is 3.08. The fourth-order valence-electron chi connectivity index (χ4n) is 9.01. The van der Waals surface area contributed by atoms with Crippen molar-refractivity contribution < 1.29 is 9.47 Å². The Morgan fingerprint density at radius 3 is 1.85 bits per heavy atom. The van der Waals surface area contributed by atoms with E-state index in [1.54, 1.807) is 0 Å². The summed E-state index contributed by atoms with van der Waals surface area (Å²) in [5.74, 6) is 3.41. The summed E-state index contributed by atoms with van der Waals surface area (Å²) in [5, 5.41) is 0. The van der Waals surface area contributed by atoms with Crippen molar-refractivity contribution in [3.63, 3.8) is 0 Å². The molecular weight excluding hydrogens is 562 g/mol. The van der Waals surface area contributed by atoms with Gasteiger partial charge >= 0.3 is 13.7 Å². The zero-order valence-corrected chi connectivity index (χ0v) is 26.6. The minimum Gasteiger partial charge on any atom is -0.459 e. The third-order valence-electron chi connectivity index (χ3n) is 10.7. The van der Waals surface area contributed by atoms with Crippen molar-refractivity contribution >= 4 is 35.8 Å². The first kappa shape index (κ1) is 27.0. The molecule has 6 heteroatoms. The molecule has 7 aliphatic rings. The fourth-order valence-corrected chi connectivity index (χ4v) is 9.01. The maximum absolute atomic E-state index is 6.65. The van der Waals surface area contributed by atoms with Crippen LogP contribution in [-0.4, -0.2) is 23.3 Å². The zero-order valence-electron chi connectivity index (χ0n) is 26.6. The van der Waals surface area contributed by atoms with E-state index in [-0.39, 0.29) is 13.7 Å². The van der Waals surface area contributed by atoms with E-state index in [0.717, 1.165) is 84.5 Å². The molecule has 46 heavy (non-hydrogen) atoms. The van der Waals surface area contributed by atoms with Crippen LogP contribution in [0.4, 0.5) is 0 Å². The van der Waals surface area contributed by atoms with E-state index in [0.29, 0.717) is 0 Å². The van der Waals surface area contributed by atoms with Gasteiger partial charge in [0.15, 0.2) is 0 Å². The highest BCUT2D eigenvalue weighted by atomic mass is 16.5. The predicted octanol–water partition coefficient (Wildman–Crippen LogP) is 7.79. The molecule has 4 nitrogen and oxygen atoms in total. The van der Waals surface area contributed by atoms with Crippen LogP contribution in [0.5, 0.6) is 11.5 Å². The molecule has 0 aliphatic carbocycles. The second kappa shape index (κ2) is 9.11. The van der Waals surface area contributed by atoms with Crippen LogP contribution in [0.15, 0.2) is 167 Å². The molecule has 0 aromatic heterocycles. The molecule has 2 aromatic carbocycles. The van der Waals surface area contributed by atoms with E-state index in [1.807, 2.05) is 31.2 Å². The van der Waals surface area contributed by atoms with E-state index in [9.17, 15) is 0 Å². The van der Waals surface area contributed by atoms with E-state index in [1.165, 1.54) is 27.8 Å². The van der Waals surface area contributed by atoms with Gasteiger partial charge in [0.25, 0.3) is 0 Å². The molecule has 0 spiro atoms. The van der Waals surface area contributed by atoms with E-state index < -0.39 is 0 Å². The van der Waals surface area contributed by atoms with Crippen molar-refractivity contribution in [2.75, 3.05) is 0 Å². The smallest absolute Gasteiger partial charge is 0.337 e. The molecule has 0 radical (unpaired) electrons. The molecule has 7 heterocycles. The summed E-state index contributed by atoms with van der Waals surface area (Å²) in [4.78, 5) is 5.14. The molecule has 220 valence electrons. The third-order valence-corrected chi connectivity index (χ3v) is 10.7. The van der Waals surface area contributed by atoms with E-state index in [2.05, 4.69) is 105 Å². The number of rotatable bonds is 4. The van der Waals surface area contributed by atoms with E-state index >= 15 is 0 Å². The summed E-state index contributed by atoms with van der Waals surface area (Å²) >= 11 is 0. The second-order valence-corrected chi connectivity index (χ2v) is 12.4. The van der Waals surface area contributed by atoms with Crippen LogP contribution in [-0.2, 0) is 4.74 Å². The summed E-state index contributed by atoms with van der Waals surface area (Å²) in [6.45, 7) is 25.8. The summed E-state index contributed by atoms with van der Waals surface area (Å²) in [6.07, 6.45) is 12.1. The van der Waals surface area contributed by atoms with Gasteiger partial charge < -0.3 is 19.1 Å². The van der Waals surface area contributed by atoms with Gasteiger partial charge in [-0.25, -0.2) is 0 Å². The molecule has 2 aromatic rings. The Balaban J connectivity index is 1.56. The molecule has 0 atom stereocenters. The lowest BCUT2D eigenvalue weighted by atomic mass is 9.37. The quantitative estimate of drug-likeness (QED) is 0.338. The largest absolute Gasteiger partial charge is 0.459 e. The van der Waals surface area contributed by atoms with Crippen LogP contribution < -0.4 is 15.7 Å². The Morgan fingerprint density at radius 1 is 0.609 bits per heavy atom. The van der Waals surface area contributed by atoms with Gasteiger partial charge in [-0.1, -0.05) is 74.9 Å². The van der Waals surface area contributed by atoms with Gasteiger partial charge in [0.2, 0.25) is 0 Å². The Hall–Kier alpha value is -5.35. The molecule has 0 saturated carbocycles. The van der Waals surface area contributed by atoms with E-state index in [4.69, 9.17) is 9.47 Å².